The molecule has 0 fully saturated rings. The van der Waals surface area contributed by atoms with Gasteiger partial charge in [-0.15, -0.1) is 0 Å². The van der Waals surface area contributed by atoms with Crippen LogP contribution in [0.3, 0.4) is 0 Å². The molecular formula is C38H33N3O. The van der Waals surface area contributed by atoms with E-state index in [4.69, 9.17) is 14.4 Å². The minimum Gasteiger partial charge on any atom is -0.435 e. The van der Waals surface area contributed by atoms with Crippen LogP contribution in [0.4, 0.5) is 0 Å². The molecule has 0 radical (unpaired) electrons. The molecule has 0 atom stereocenters. The molecule has 0 amide bonds. The molecular weight excluding hydrogens is 514 g/mol. The number of para-hydroxylation sites is 3. The highest BCUT2D eigenvalue weighted by Gasteiger charge is 2.24. The SMILES string of the molecule is CC(C)c1cccc(C(C)C)c1-n1c(-c2cc(-c3ccccc3)c3oc(-c4ccccc4)nc3c2)nc2ccccc21. The summed E-state index contributed by atoms with van der Waals surface area (Å²) in [5.74, 6) is 2.20. The van der Waals surface area contributed by atoms with Crippen molar-refractivity contribution >= 4 is 22.1 Å². The lowest BCUT2D eigenvalue weighted by Crippen LogP contribution is -2.08. The Bertz CT molecular complexity index is 2010. The van der Waals surface area contributed by atoms with E-state index >= 15 is 0 Å². The minimum atomic E-state index is 0.346. The Morgan fingerprint density at radius 3 is 1.86 bits per heavy atom. The van der Waals surface area contributed by atoms with Crippen molar-refractivity contribution in [2.24, 2.45) is 0 Å². The molecule has 0 aliphatic rings. The lowest BCUT2D eigenvalue weighted by Gasteiger charge is -2.22. The van der Waals surface area contributed by atoms with Crippen molar-refractivity contribution in [1.82, 2.24) is 14.5 Å². The predicted octanol–water partition coefficient (Wildman–Crippen LogP) is 10.4. The fraction of sp³-hybridized carbons (Fsp3) is 0.158. The second-order valence-electron chi connectivity index (χ2n) is 11.5. The van der Waals surface area contributed by atoms with Crippen molar-refractivity contribution in [3.8, 4) is 39.7 Å². The molecule has 4 nitrogen and oxygen atoms in total. The van der Waals surface area contributed by atoms with E-state index in [9.17, 15) is 0 Å². The summed E-state index contributed by atoms with van der Waals surface area (Å²) < 4.78 is 8.84. The zero-order valence-corrected chi connectivity index (χ0v) is 24.4. The monoisotopic (exact) mass is 547 g/mol. The van der Waals surface area contributed by atoms with Gasteiger partial charge in [0.15, 0.2) is 5.58 Å². The molecule has 206 valence electrons. The summed E-state index contributed by atoms with van der Waals surface area (Å²) in [4.78, 5) is 10.3. The first-order chi connectivity index (χ1) is 20.5. The molecule has 5 aromatic carbocycles. The molecule has 0 spiro atoms. The van der Waals surface area contributed by atoms with E-state index in [0.717, 1.165) is 50.2 Å². The van der Waals surface area contributed by atoms with Gasteiger partial charge < -0.3 is 4.42 Å². The first-order valence-corrected chi connectivity index (χ1v) is 14.7. The topological polar surface area (TPSA) is 43.9 Å². The van der Waals surface area contributed by atoms with E-state index in [2.05, 4.69) is 111 Å². The van der Waals surface area contributed by atoms with Crippen molar-refractivity contribution in [2.45, 2.75) is 39.5 Å². The minimum absolute atomic E-state index is 0.346. The van der Waals surface area contributed by atoms with Crippen LogP contribution in [0.25, 0.3) is 61.8 Å². The molecule has 0 aliphatic heterocycles. The molecule has 0 N–H and O–H groups in total. The normalized spacial score (nSPS) is 11.8. The van der Waals surface area contributed by atoms with Crippen LogP contribution in [-0.4, -0.2) is 14.5 Å². The number of fused-ring (bicyclic) bond motifs is 2. The second kappa shape index (κ2) is 10.5. The molecule has 7 rings (SSSR count). The smallest absolute Gasteiger partial charge is 0.227 e. The van der Waals surface area contributed by atoms with Crippen LogP contribution >= 0.6 is 0 Å². The van der Waals surface area contributed by atoms with Crippen molar-refractivity contribution in [2.75, 3.05) is 0 Å². The van der Waals surface area contributed by atoms with Gasteiger partial charge in [0.05, 0.1) is 16.7 Å². The molecule has 0 aliphatic carbocycles. The number of oxazole rings is 1. The van der Waals surface area contributed by atoms with Crippen molar-refractivity contribution in [3.63, 3.8) is 0 Å². The van der Waals surface area contributed by atoms with Gasteiger partial charge in [-0.3, -0.25) is 4.57 Å². The Hall–Kier alpha value is -4.96. The van der Waals surface area contributed by atoms with Gasteiger partial charge in [-0.05, 0) is 64.9 Å². The molecule has 0 saturated heterocycles. The van der Waals surface area contributed by atoms with E-state index in [1.807, 2.05) is 36.4 Å². The van der Waals surface area contributed by atoms with Gasteiger partial charge >= 0.3 is 0 Å². The van der Waals surface area contributed by atoms with Gasteiger partial charge in [0.2, 0.25) is 5.89 Å². The third-order valence-corrected chi connectivity index (χ3v) is 7.98. The van der Waals surface area contributed by atoms with Crippen LogP contribution in [0.1, 0.15) is 50.7 Å². The summed E-state index contributed by atoms with van der Waals surface area (Å²) in [6.07, 6.45) is 0. The Morgan fingerprint density at radius 1 is 0.571 bits per heavy atom. The molecule has 4 heteroatoms. The lowest BCUT2D eigenvalue weighted by atomic mass is 9.92. The lowest BCUT2D eigenvalue weighted by molar-refractivity contribution is 0.621. The third-order valence-electron chi connectivity index (χ3n) is 7.98. The van der Waals surface area contributed by atoms with Gasteiger partial charge in [0.25, 0.3) is 0 Å². The molecule has 0 saturated carbocycles. The highest BCUT2D eigenvalue weighted by Crippen LogP contribution is 2.40. The maximum Gasteiger partial charge on any atom is 0.227 e. The standard InChI is InChI=1S/C38H33N3O/c1-24(2)29-18-13-19-30(25(3)4)35(29)41-34-21-12-11-20-32(34)39-37(41)28-22-31(26-14-7-5-8-15-26)36-33(23-28)40-38(42-36)27-16-9-6-10-17-27/h5-25H,1-4H3. The van der Waals surface area contributed by atoms with E-state index in [1.165, 1.54) is 16.8 Å². The fourth-order valence-corrected chi connectivity index (χ4v) is 5.91. The van der Waals surface area contributed by atoms with Crippen LogP contribution in [-0.2, 0) is 0 Å². The van der Waals surface area contributed by atoms with Crippen LogP contribution < -0.4 is 0 Å². The Labute approximate surface area is 246 Å². The molecule has 0 bridgehead atoms. The number of benzene rings is 5. The van der Waals surface area contributed by atoms with Crippen molar-refractivity contribution in [1.29, 1.82) is 0 Å². The van der Waals surface area contributed by atoms with E-state index in [0.29, 0.717) is 17.7 Å². The Morgan fingerprint density at radius 2 is 1.19 bits per heavy atom. The van der Waals surface area contributed by atoms with Gasteiger partial charge in [-0.1, -0.05) is 107 Å². The van der Waals surface area contributed by atoms with E-state index in [1.54, 1.807) is 0 Å². The molecule has 2 heterocycles. The number of nitrogens with zero attached hydrogens (tertiary/aromatic N) is 3. The number of aromatic nitrogens is 3. The van der Waals surface area contributed by atoms with E-state index in [-0.39, 0.29) is 0 Å². The van der Waals surface area contributed by atoms with E-state index < -0.39 is 0 Å². The van der Waals surface area contributed by atoms with Gasteiger partial charge in [0, 0.05) is 16.7 Å². The maximum absolute atomic E-state index is 6.47. The van der Waals surface area contributed by atoms with Crippen LogP contribution in [0.15, 0.2) is 120 Å². The quantitative estimate of drug-likeness (QED) is 0.208. The zero-order chi connectivity index (χ0) is 28.8. The highest BCUT2D eigenvalue weighted by atomic mass is 16.3. The van der Waals surface area contributed by atoms with Crippen molar-refractivity contribution in [3.05, 3.63) is 126 Å². The van der Waals surface area contributed by atoms with Crippen LogP contribution in [0.2, 0.25) is 0 Å². The molecule has 7 aromatic rings. The molecule has 42 heavy (non-hydrogen) atoms. The number of hydrogen-bond acceptors (Lipinski definition) is 3. The summed E-state index contributed by atoms with van der Waals surface area (Å²) in [7, 11) is 0. The zero-order valence-electron chi connectivity index (χ0n) is 24.4. The van der Waals surface area contributed by atoms with Gasteiger partial charge in [-0.2, -0.15) is 0 Å². The summed E-state index contributed by atoms with van der Waals surface area (Å²) in [6.45, 7) is 9.06. The number of rotatable bonds is 6. The van der Waals surface area contributed by atoms with Crippen molar-refractivity contribution < 1.29 is 4.42 Å². The van der Waals surface area contributed by atoms with Crippen LogP contribution in [0.5, 0.6) is 0 Å². The molecule has 0 unspecified atom stereocenters. The van der Waals surface area contributed by atoms with Gasteiger partial charge in [0.1, 0.15) is 11.3 Å². The largest absolute Gasteiger partial charge is 0.435 e. The fourth-order valence-electron chi connectivity index (χ4n) is 5.91. The summed E-state index contributed by atoms with van der Waals surface area (Å²) in [5.41, 5.74) is 11.5. The predicted molar refractivity (Wildman–Crippen MR) is 173 cm³/mol. The first kappa shape index (κ1) is 26.0. The molecule has 2 aromatic heterocycles. The first-order valence-electron chi connectivity index (χ1n) is 14.7. The number of imidazole rings is 1. The second-order valence-corrected chi connectivity index (χ2v) is 11.5. The average molecular weight is 548 g/mol. The van der Waals surface area contributed by atoms with Crippen LogP contribution in [0, 0.1) is 0 Å². The highest BCUT2D eigenvalue weighted by molar-refractivity contribution is 5.96. The maximum atomic E-state index is 6.47. The van der Waals surface area contributed by atoms with Gasteiger partial charge in [-0.25, -0.2) is 9.97 Å². The summed E-state index contributed by atoms with van der Waals surface area (Å²) >= 11 is 0. The summed E-state index contributed by atoms with van der Waals surface area (Å²) in [5, 5.41) is 0. The Balaban J connectivity index is 1.56. The Kier molecular flexibility index (Phi) is 6.47. The third kappa shape index (κ3) is 4.40. The average Bonchev–Trinajstić information content (AvgIpc) is 3.63. The number of hydrogen-bond donors (Lipinski definition) is 0. The summed E-state index contributed by atoms with van der Waals surface area (Å²) in [6, 6.07) is 40.0.